The minimum absolute atomic E-state index is 0.183. The van der Waals surface area contributed by atoms with Gasteiger partial charge in [-0.25, -0.2) is 9.78 Å². The number of H-pyrrole nitrogens is 1. The fraction of sp³-hybridized carbons (Fsp3) is 0.0714. The third-order valence-electron chi connectivity index (χ3n) is 2.91. The van der Waals surface area contributed by atoms with Gasteiger partial charge >= 0.3 is 5.97 Å². The van der Waals surface area contributed by atoms with E-state index < -0.39 is 5.97 Å². The minimum Gasteiger partial charge on any atom is -0.478 e. The SMILES string of the molecule is Nc1ccc2nc(SCc3ccc(C(=O)O)cn3)[nH]c2c1. The molecule has 7 heteroatoms. The Kier molecular flexibility index (Phi) is 3.49. The Hall–Kier alpha value is -2.54. The predicted octanol–water partition coefficient (Wildman–Crippen LogP) is 2.53. The summed E-state index contributed by atoms with van der Waals surface area (Å²) >= 11 is 1.50. The van der Waals surface area contributed by atoms with Gasteiger partial charge in [-0.3, -0.25) is 4.98 Å². The third kappa shape index (κ3) is 2.97. The van der Waals surface area contributed by atoms with Gasteiger partial charge in [0.2, 0.25) is 0 Å². The highest BCUT2D eigenvalue weighted by Gasteiger charge is 2.06. The van der Waals surface area contributed by atoms with E-state index >= 15 is 0 Å². The molecule has 0 aliphatic heterocycles. The Bertz CT molecular complexity index is 798. The lowest BCUT2D eigenvalue weighted by Crippen LogP contribution is -1.98. The molecule has 0 bridgehead atoms. The lowest BCUT2D eigenvalue weighted by atomic mass is 10.2. The molecule has 0 fully saturated rings. The summed E-state index contributed by atoms with van der Waals surface area (Å²) in [6.45, 7) is 0. The number of rotatable bonds is 4. The summed E-state index contributed by atoms with van der Waals surface area (Å²) < 4.78 is 0. The zero-order valence-corrected chi connectivity index (χ0v) is 11.7. The number of nitrogens with zero attached hydrogens (tertiary/aromatic N) is 2. The van der Waals surface area contributed by atoms with E-state index in [1.165, 1.54) is 18.0 Å². The molecule has 106 valence electrons. The van der Waals surface area contributed by atoms with Crippen LogP contribution in [0.15, 0.2) is 41.7 Å². The average Bonchev–Trinajstić information content (AvgIpc) is 2.87. The van der Waals surface area contributed by atoms with E-state index in [2.05, 4.69) is 15.0 Å². The smallest absolute Gasteiger partial charge is 0.337 e. The number of aromatic amines is 1. The van der Waals surface area contributed by atoms with E-state index in [1.807, 2.05) is 18.2 Å². The average molecular weight is 300 g/mol. The second-order valence-electron chi connectivity index (χ2n) is 4.45. The first-order chi connectivity index (χ1) is 10.1. The van der Waals surface area contributed by atoms with Crippen LogP contribution in [0.1, 0.15) is 16.1 Å². The Balaban J connectivity index is 1.72. The molecular formula is C14H12N4O2S. The van der Waals surface area contributed by atoms with Crippen LogP contribution >= 0.6 is 11.8 Å². The van der Waals surface area contributed by atoms with E-state index in [4.69, 9.17) is 10.8 Å². The van der Waals surface area contributed by atoms with Crippen molar-refractivity contribution in [3.8, 4) is 0 Å². The molecular weight excluding hydrogens is 288 g/mol. The summed E-state index contributed by atoms with van der Waals surface area (Å²) in [5.74, 6) is -0.369. The second-order valence-corrected chi connectivity index (χ2v) is 5.41. The number of aromatic nitrogens is 3. The van der Waals surface area contributed by atoms with Crippen molar-refractivity contribution in [1.29, 1.82) is 0 Å². The number of anilines is 1. The van der Waals surface area contributed by atoms with Crippen molar-refractivity contribution < 1.29 is 9.90 Å². The zero-order chi connectivity index (χ0) is 14.8. The molecule has 0 unspecified atom stereocenters. The van der Waals surface area contributed by atoms with Crippen molar-refractivity contribution in [3.63, 3.8) is 0 Å². The van der Waals surface area contributed by atoms with Gasteiger partial charge in [0, 0.05) is 17.6 Å². The van der Waals surface area contributed by atoms with Crippen molar-refractivity contribution in [2.75, 3.05) is 5.73 Å². The van der Waals surface area contributed by atoms with Crippen LogP contribution in [0.4, 0.5) is 5.69 Å². The maximum absolute atomic E-state index is 10.7. The van der Waals surface area contributed by atoms with Crippen LogP contribution in [-0.4, -0.2) is 26.0 Å². The van der Waals surface area contributed by atoms with Gasteiger partial charge in [0.1, 0.15) is 0 Å². The molecule has 2 heterocycles. The maximum atomic E-state index is 10.7. The quantitative estimate of drug-likeness (QED) is 0.505. The minimum atomic E-state index is -0.975. The van der Waals surface area contributed by atoms with Crippen LogP contribution in [0.2, 0.25) is 0 Å². The lowest BCUT2D eigenvalue weighted by molar-refractivity contribution is 0.0696. The number of benzene rings is 1. The van der Waals surface area contributed by atoms with Gasteiger partial charge in [0.25, 0.3) is 0 Å². The number of pyridine rings is 1. The number of thioether (sulfide) groups is 1. The Morgan fingerprint density at radius 1 is 1.33 bits per heavy atom. The van der Waals surface area contributed by atoms with Crippen LogP contribution in [0, 0.1) is 0 Å². The number of nitrogens with one attached hydrogen (secondary N) is 1. The fourth-order valence-corrected chi connectivity index (χ4v) is 2.65. The van der Waals surface area contributed by atoms with Gasteiger partial charge in [0.15, 0.2) is 5.16 Å². The molecule has 0 amide bonds. The molecule has 0 aliphatic carbocycles. The topological polar surface area (TPSA) is 105 Å². The van der Waals surface area contributed by atoms with Gasteiger partial charge in [0.05, 0.1) is 22.3 Å². The van der Waals surface area contributed by atoms with Gasteiger partial charge < -0.3 is 15.8 Å². The molecule has 0 atom stereocenters. The first-order valence-electron chi connectivity index (χ1n) is 6.18. The first-order valence-corrected chi connectivity index (χ1v) is 7.16. The van der Waals surface area contributed by atoms with Gasteiger partial charge in [-0.05, 0) is 30.3 Å². The third-order valence-corrected chi connectivity index (χ3v) is 3.82. The van der Waals surface area contributed by atoms with Crippen molar-refractivity contribution in [2.24, 2.45) is 0 Å². The maximum Gasteiger partial charge on any atom is 0.337 e. The number of aromatic carboxylic acids is 1. The van der Waals surface area contributed by atoms with Crippen molar-refractivity contribution in [2.45, 2.75) is 10.9 Å². The molecule has 2 aromatic heterocycles. The Morgan fingerprint density at radius 3 is 2.90 bits per heavy atom. The number of nitrogen functional groups attached to an aromatic ring is 1. The first kappa shape index (κ1) is 13.4. The fourth-order valence-electron chi connectivity index (χ4n) is 1.85. The monoisotopic (exact) mass is 300 g/mol. The summed E-state index contributed by atoms with van der Waals surface area (Å²) in [6, 6.07) is 8.77. The predicted molar refractivity (Wildman–Crippen MR) is 81.3 cm³/mol. The van der Waals surface area contributed by atoms with Crippen LogP contribution in [0.5, 0.6) is 0 Å². The number of carbonyl (C=O) groups is 1. The molecule has 3 aromatic rings. The number of nitrogens with two attached hydrogens (primary N) is 1. The highest BCUT2D eigenvalue weighted by Crippen LogP contribution is 2.23. The highest BCUT2D eigenvalue weighted by atomic mass is 32.2. The van der Waals surface area contributed by atoms with Gasteiger partial charge in [-0.2, -0.15) is 0 Å². The molecule has 0 saturated carbocycles. The summed E-state index contributed by atoms with van der Waals surface area (Å²) in [4.78, 5) is 22.5. The van der Waals surface area contributed by atoms with Crippen molar-refractivity contribution in [1.82, 2.24) is 15.0 Å². The normalized spacial score (nSPS) is 10.9. The van der Waals surface area contributed by atoms with E-state index in [-0.39, 0.29) is 5.56 Å². The summed E-state index contributed by atoms with van der Waals surface area (Å²) in [5, 5.41) is 9.59. The van der Waals surface area contributed by atoms with Crippen LogP contribution in [0.25, 0.3) is 11.0 Å². The number of hydrogen-bond donors (Lipinski definition) is 3. The van der Waals surface area contributed by atoms with E-state index in [1.54, 1.807) is 12.1 Å². The molecule has 0 spiro atoms. The lowest BCUT2D eigenvalue weighted by Gasteiger charge is -1.99. The van der Waals surface area contributed by atoms with Crippen molar-refractivity contribution >= 4 is 34.5 Å². The molecule has 0 radical (unpaired) electrons. The van der Waals surface area contributed by atoms with Gasteiger partial charge in [-0.1, -0.05) is 11.8 Å². The number of hydrogen-bond acceptors (Lipinski definition) is 5. The number of carboxylic acid groups (broad SMARTS) is 1. The van der Waals surface area contributed by atoms with Crippen LogP contribution in [-0.2, 0) is 5.75 Å². The molecule has 0 saturated heterocycles. The Labute approximate surface area is 124 Å². The molecule has 0 aliphatic rings. The molecule has 3 rings (SSSR count). The number of carboxylic acids is 1. The van der Waals surface area contributed by atoms with Gasteiger partial charge in [-0.15, -0.1) is 0 Å². The number of imidazole rings is 1. The molecule has 6 nitrogen and oxygen atoms in total. The molecule has 1 aromatic carbocycles. The highest BCUT2D eigenvalue weighted by molar-refractivity contribution is 7.98. The largest absolute Gasteiger partial charge is 0.478 e. The van der Waals surface area contributed by atoms with E-state index in [0.29, 0.717) is 11.4 Å². The molecule has 21 heavy (non-hydrogen) atoms. The summed E-state index contributed by atoms with van der Waals surface area (Å²) in [7, 11) is 0. The summed E-state index contributed by atoms with van der Waals surface area (Å²) in [5.41, 5.74) is 9.15. The van der Waals surface area contributed by atoms with E-state index in [0.717, 1.165) is 21.9 Å². The van der Waals surface area contributed by atoms with Crippen LogP contribution < -0.4 is 5.73 Å². The molecule has 4 N–H and O–H groups in total. The summed E-state index contributed by atoms with van der Waals surface area (Å²) in [6.07, 6.45) is 1.36. The standard InChI is InChI=1S/C14H12N4O2S/c15-9-2-4-11-12(5-9)18-14(17-11)21-7-10-3-1-8(6-16-10)13(19)20/h1-6H,7,15H2,(H,17,18)(H,19,20). The zero-order valence-electron chi connectivity index (χ0n) is 10.9. The number of fused-ring (bicyclic) bond motifs is 1. The Morgan fingerprint density at radius 2 is 2.19 bits per heavy atom. The van der Waals surface area contributed by atoms with Crippen LogP contribution in [0.3, 0.4) is 0 Å². The van der Waals surface area contributed by atoms with Crippen molar-refractivity contribution in [3.05, 3.63) is 47.8 Å². The second kappa shape index (κ2) is 5.45. The van der Waals surface area contributed by atoms with E-state index in [9.17, 15) is 4.79 Å².